The highest BCUT2D eigenvalue weighted by molar-refractivity contribution is 5.92. The Morgan fingerprint density at radius 1 is 1.03 bits per heavy atom. The molecule has 3 nitrogen and oxygen atoms in total. The molecule has 3 heteroatoms. The molecule has 5 atom stereocenters. The summed E-state index contributed by atoms with van der Waals surface area (Å²) >= 11 is 0. The largest absolute Gasteiger partial charge is 0.458 e. The van der Waals surface area contributed by atoms with E-state index >= 15 is 0 Å². The maximum atomic E-state index is 13.1. The van der Waals surface area contributed by atoms with E-state index in [4.69, 9.17) is 4.74 Å². The number of fused-ring (bicyclic) bond motifs is 5. The van der Waals surface area contributed by atoms with Crippen LogP contribution in [0.1, 0.15) is 79.4 Å². The lowest BCUT2D eigenvalue weighted by Gasteiger charge is -2.56. The van der Waals surface area contributed by atoms with Crippen molar-refractivity contribution in [1.82, 2.24) is 4.98 Å². The summed E-state index contributed by atoms with van der Waals surface area (Å²) in [7, 11) is 0. The van der Waals surface area contributed by atoms with Crippen LogP contribution < -0.4 is 0 Å². The highest BCUT2D eigenvalue weighted by Gasteiger charge is 2.54. The van der Waals surface area contributed by atoms with Gasteiger partial charge in [0.2, 0.25) is 0 Å². The van der Waals surface area contributed by atoms with Gasteiger partial charge in [-0.15, -0.1) is 0 Å². The van der Waals surface area contributed by atoms with Crippen molar-refractivity contribution >= 4 is 11.5 Å². The number of pyridine rings is 1. The second kappa shape index (κ2) is 8.57. The number of benzene rings is 1. The molecule has 0 bridgehead atoms. The van der Waals surface area contributed by atoms with Crippen LogP contribution in [0.15, 0.2) is 72.1 Å². The van der Waals surface area contributed by atoms with E-state index in [0.29, 0.717) is 11.8 Å². The molecule has 2 fully saturated rings. The highest BCUT2D eigenvalue weighted by Crippen LogP contribution is 2.64. The van der Waals surface area contributed by atoms with Gasteiger partial charge in [-0.2, -0.15) is 0 Å². The highest BCUT2D eigenvalue weighted by atomic mass is 16.5. The fraction of sp³-hybridized carbons (Fsp3) is 0.455. The lowest BCUT2D eigenvalue weighted by Crippen LogP contribution is -2.47. The number of carbonyl (C=O) groups excluding carboxylic acids is 1. The number of allylic oxidation sites excluding steroid dienone is 5. The van der Waals surface area contributed by atoms with Crippen molar-refractivity contribution in [2.24, 2.45) is 22.7 Å². The standard InChI is InChI=1S/C33H37NO2/c1-21-7-5-8-22(2)30(21)31(35)36-25-14-16-32(3)24(19-25)10-11-26-28-13-12-27(23-9-6-18-34-20-23)33(28,4)17-15-29(26)32/h5-10,12-13,18,20,25-26,29H,11,14-17,19H2,1-4H3/t25-,26?,29?,32+,33-/m1/s1. The molecule has 1 heterocycles. The SMILES string of the molecule is Cc1cccc(C)c1C(=O)O[C@@H]1CC[C@@]2(C)C(=CCC3C4=CC=C(c5cccnc5)[C@@]4(C)CCC32)C1. The van der Waals surface area contributed by atoms with E-state index in [1.54, 1.807) is 5.57 Å². The molecule has 36 heavy (non-hydrogen) atoms. The molecule has 0 saturated heterocycles. The molecule has 4 aliphatic rings. The van der Waals surface area contributed by atoms with Crippen molar-refractivity contribution in [1.29, 1.82) is 0 Å². The summed E-state index contributed by atoms with van der Waals surface area (Å²) in [5, 5.41) is 0. The van der Waals surface area contributed by atoms with Gasteiger partial charge in [-0.25, -0.2) is 4.79 Å². The first-order valence-electron chi connectivity index (χ1n) is 13.6. The molecular weight excluding hydrogens is 442 g/mol. The van der Waals surface area contributed by atoms with Gasteiger partial charge in [0.15, 0.2) is 0 Å². The van der Waals surface area contributed by atoms with Crippen molar-refractivity contribution < 1.29 is 9.53 Å². The molecule has 0 N–H and O–H groups in total. The van der Waals surface area contributed by atoms with Gasteiger partial charge in [0.05, 0.1) is 5.56 Å². The van der Waals surface area contributed by atoms with Crippen LogP contribution in [0.25, 0.3) is 5.57 Å². The number of nitrogens with zero attached hydrogens (tertiary/aromatic N) is 1. The van der Waals surface area contributed by atoms with E-state index < -0.39 is 0 Å². The van der Waals surface area contributed by atoms with Crippen LogP contribution in [0.4, 0.5) is 0 Å². The second-order valence-corrected chi connectivity index (χ2v) is 11.9. The molecule has 6 rings (SSSR count). The summed E-state index contributed by atoms with van der Waals surface area (Å²) in [6.07, 6.45) is 17.6. The van der Waals surface area contributed by atoms with Crippen LogP contribution >= 0.6 is 0 Å². The minimum absolute atomic E-state index is 0.0224. The second-order valence-electron chi connectivity index (χ2n) is 11.9. The lowest BCUT2D eigenvalue weighted by atomic mass is 9.49. The molecule has 0 aliphatic heterocycles. The van der Waals surface area contributed by atoms with Crippen LogP contribution in [0.3, 0.4) is 0 Å². The Balaban J connectivity index is 1.21. The monoisotopic (exact) mass is 479 g/mol. The van der Waals surface area contributed by atoms with Crippen molar-refractivity contribution in [3.8, 4) is 0 Å². The first kappa shape index (κ1) is 23.5. The van der Waals surface area contributed by atoms with Crippen LogP contribution in [0.2, 0.25) is 0 Å². The van der Waals surface area contributed by atoms with Gasteiger partial charge in [0, 0.05) is 24.2 Å². The van der Waals surface area contributed by atoms with E-state index in [0.717, 1.165) is 42.4 Å². The number of ether oxygens (including phenoxy) is 1. The van der Waals surface area contributed by atoms with E-state index in [1.807, 2.05) is 50.5 Å². The number of rotatable bonds is 3. The molecule has 1 aromatic heterocycles. The molecule has 4 aliphatic carbocycles. The van der Waals surface area contributed by atoms with Crippen molar-refractivity contribution in [3.63, 3.8) is 0 Å². The number of esters is 1. The van der Waals surface area contributed by atoms with E-state index in [9.17, 15) is 4.79 Å². The normalized spacial score (nSPS) is 32.9. The summed E-state index contributed by atoms with van der Waals surface area (Å²) in [5.74, 6) is 1.09. The predicted molar refractivity (Wildman–Crippen MR) is 144 cm³/mol. The summed E-state index contributed by atoms with van der Waals surface area (Å²) in [6.45, 7) is 8.93. The van der Waals surface area contributed by atoms with E-state index in [1.165, 1.54) is 29.6 Å². The Labute approximate surface area is 215 Å². The van der Waals surface area contributed by atoms with Gasteiger partial charge in [-0.1, -0.05) is 67.5 Å². The Bertz CT molecular complexity index is 1280. The maximum Gasteiger partial charge on any atom is 0.338 e. The zero-order valence-electron chi connectivity index (χ0n) is 22.0. The molecule has 1 aromatic carbocycles. The van der Waals surface area contributed by atoms with Crippen molar-refractivity contribution in [3.05, 3.63) is 94.4 Å². The molecule has 0 amide bonds. The summed E-state index contributed by atoms with van der Waals surface area (Å²) in [6, 6.07) is 10.2. The Morgan fingerprint density at radius 3 is 2.58 bits per heavy atom. The van der Waals surface area contributed by atoms with Crippen LogP contribution in [0.5, 0.6) is 0 Å². The zero-order valence-corrected chi connectivity index (χ0v) is 22.0. The van der Waals surface area contributed by atoms with Crippen molar-refractivity contribution in [2.45, 2.75) is 72.3 Å². The van der Waals surface area contributed by atoms with E-state index in [2.05, 4.69) is 43.1 Å². The Hall–Kier alpha value is -2.94. The minimum Gasteiger partial charge on any atom is -0.458 e. The lowest BCUT2D eigenvalue weighted by molar-refractivity contribution is 0.00235. The van der Waals surface area contributed by atoms with Gasteiger partial charge < -0.3 is 4.74 Å². The number of aromatic nitrogens is 1. The first-order valence-corrected chi connectivity index (χ1v) is 13.6. The molecule has 2 saturated carbocycles. The maximum absolute atomic E-state index is 13.1. The third kappa shape index (κ3) is 3.54. The Morgan fingerprint density at radius 2 is 1.83 bits per heavy atom. The zero-order chi connectivity index (χ0) is 25.1. The van der Waals surface area contributed by atoms with Gasteiger partial charge in [0.1, 0.15) is 6.10 Å². The Kier molecular flexibility index (Phi) is 5.59. The van der Waals surface area contributed by atoms with Gasteiger partial charge in [-0.3, -0.25) is 4.98 Å². The average molecular weight is 480 g/mol. The number of aryl methyl sites for hydroxylation is 2. The molecule has 0 spiro atoms. The fourth-order valence-corrected chi connectivity index (χ4v) is 8.02. The number of hydrogen-bond donors (Lipinski definition) is 0. The van der Waals surface area contributed by atoms with Crippen molar-refractivity contribution in [2.75, 3.05) is 0 Å². The topological polar surface area (TPSA) is 39.2 Å². The smallest absolute Gasteiger partial charge is 0.338 e. The molecule has 2 aromatic rings. The molecule has 186 valence electrons. The quantitative estimate of drug-likeness (QED) is 0.333. The minimum atomic E-state index is -0.160. The molecular formula is C33H37NO2. The number of carbonyl (C=O) groups is 1. The van der Waals surface area contributed by atoms with Crippen LogP contribution in [-0.2, 0) is 4.74 Å². The first-order chi connectivity index (χ1) is 17.3. The summed E-state index contributed by atoms with van der Waals surface area (Å²) in [5.41, 5.74) is 8.88. The third-order valence-electron chi connectivity index (χ3n) is 10.0. The number of hydrogen-bond acceptors (Lipinski definition) is 3. The molecule has 0 radical (unpaired) electrons. The average Bonchev–Trinajstić information content (AvgIpc) is 3.22. The molecule has 2 unspecified atom stereocenters. The summed E-state index contributed by atoms with van der Waals surface area (Å²) < 4.78 is 6.11. The van der Waals surface area contributed by atoms with Gasteiger partial charge in [-0.05, 0) is 91.5 Å². The summed E-state index contributed by atoms with van der Waals surface area (Å²) in [4.78, 5) is 17.5. The van der Waals surface area contributed by atoms with Gasteiger partial charge >= 0.3 is 5.97 Å². The van der Waals surface area contributed by atoms with Crippen LogP contribution in [0, 0.1) is 36.5 Å². The van der Waals surface area contributed by atoms with Crippen LogP contribution in [-0.4, -0.2) is 17.1 Å². The fourth-order valence-electron chi connectivity index (χ4n) is 8.02. The van der Waals surface area contributed by atoms with Gasteiger partial charge in [0.25, 0.3) is 0 Å². The predicted octanol–water partition coefficient (Wildman–Crippen LogP) is 7.80. The van der Waals surface area contributed by atoms with E-state index in [-0.39, 0.29) is 22.9 Å². The third-order valence-corrected chi connectivity index (χ3v) is 10.0.